The fourth-order valence-corrected chi connectivity index (χ4v) is 1.88. The molecule has 0 fully saturated rings. The highest BCUT2D eigenvalue weighted by Gasteiger charge is 2.03. The van der Waals surface area contributed by atoms with E-state index in [0.717, 1.165) is 31.1 Å². The first-order valence-corrected chi connectivity index (χ1v) is 6.09. The van der Waals surface area contributed by atoms with Crippen LogP contribution < -0.4 is 4.74 Å². The Balaban J connectivity index is 2.57. The number of ether oxygens (including phenoxy) is 1. The van der Waals surface area contributed by atoms with Crippen molar-refractivity contribution in [1.82, 2.24) is 4.90 Å². The summed E-state index contributed by atoms with van der Waals surface area (Å²) >= 11 is 5.67. The van der Waals surface area contributed by atoms with Gasteiger partial charge in [-0.15, -0.1) is 11.6 Å². The molecule has 0 saturated carbocycles. The van der Waals surface area contributed by atoms with E-state index in [1.165, 1.54) is 11.1 Å². The highest BCUT2D eigenvalue weighted by molar-refractivity contribution is 6.17. The van der Waals surface area contributed by atoms with Gasteiger partial charge in [0.05, 0.1) is 7.11 Å². The van der Waals surface area contributed by atoms with E-state index in [4.69, 9.17) is 16.3 Å². The Labute approximate surface area is 103 Å². The average Bonchev–Trinajstić information content (AvgIpc) is 2.26. The van der Waals surface area contributed by atoms with E-state index in [9.17, 15) is 0 Å². The smallest absolute Gasteiger partial charge is 0.121 e. The molecule has 0 aliphatic carbocycles. The van der Waals surface area contributed by atoms with Crippen LogP contribution >= 0.6 is 11.6 Å². The lowest BCUT2D eigenvalue weighted by molar-refractivity contribution is 0.328. The number of rotatable bonds is 6. The molecule has 0 aromatic heterocycles. The largest absolute Gasteiger partial charge is 0.496 e. The summed E-state index contributed by atoms with van der Waals surface area (Å²) in [5.74, 6) is 1.68. The third-order valence-electron chi connectivity index (χ3n) is 2.59. The predicted molar refractivity (Wildman–Crippen MR) is 69.4 cm³/mol. The van der Waals surface area contributed by atoms with Crippen LogP contribution in [0.5, 0.6) is 5.75 Å². The summed E-state index contributed by atoms with van der Waals surface area (Å²) in [4.78, 5) is 2.28. The van der Waals surface area contributed by atoms with E-state index in [2.05, 4.69) is 31.0 Å². The zero-order valence-corrected chi connectivity index (χ0v) is 11.0. The lowest BCUT2D eigenvalue weighted by Gasteiger charge is -2.16. The minimum Gasteiger partial charge on any atom is -0.496 e. The number of nitrogens with zero attached hydrogens (tertiary/aromatic N) is 1. The first kappa shape index (κ1) is 13.3. The zero-order valence-electron chi connectivity index (χ0n) is 10.3. The molecule has 0 radical (unpaired) electrons. The summed E-state index contributed by atoms with van der Waals surface area (Å²) in [6, 6.07) is 6.32. The van der Waals surface area contributed by atoms with Gasteiger partial charge in [0, 0.05) is 12.4 Å². The number of halogens is 1. The van der Waals surface area contributed by atoms with Gasteiger partial charge in [-0.2, -0.15) is 0 Å². The van der Waals surface area contributed by atoms with Gasteiger partial charge in [0.2, 0.25) is 0 Å². The standard InChI is InChI=1S/C13H20ClNO/c1-11-9-12(5-6-13(11)16-3)10-15(2)8-4-7-14/h5-6,9H,4,7-8,10H2,1-3H3. The van der Waals surface area contributed by atoms with Crippen LogP contribution in [0.2, 0.25) is 0 Å². The maximum atomic E-state index is 5.67. The van der Waals surface area contributed by atoms with Crippen LogP contribution in [0.3, 0.4) is 0 Å². The predicted octanol–water partition coefficient (Wildman–Crippen LogP) is 3.06. The topological polar surface area (TPSA) is 12.5 Å². The minimum atomic E-state index is 0.728. The summed E-state index contributed by atoms with van der Waals surface area (Å²) in [6.45, 7) is 4.07. The molecule has 0 saturated heterocycles. The van der Waals surface area contributed by atoms with Gasteiger partial charge in [0.15, 0.2) is 0 Å². The zero-order chi connectivity index (χ0) is 12.0. The molecule has 3 heteroatoms. The van der Waals surface area contributed by atoms with Crippen molar-refractivity contribution in [2.24, 2.45) is 0 Å². The van der Waals surface area contributed by atoms with Crippen LogP contribution in [0.1, 0.15) is 17.5 Å². The van der Waals surface area contributed by atoms with Gasteiger partial charge in [-0.05, 0) is 44.1 Å². The maximum Gasteiger partial charge on any atom is 0.121 e. The van der Waals surface area contributed by atoms with Crippen LogP contribution in [-0.4, -0.2) is 31.5 Å². The summed E-state index contributed by atoms with van der Waals surface area (Å²) < 4.78 is 5.24. The van der Waals surface area contributed by atoms with Crippen molar-refractivity contribution in [2.45, 2.75) is 19.9 Å². The maximum absolute atomic E-state index is 5.67. The Bertz CT molecular complexity index is 328. The van der Waals surface area contributed by atoms with Gasteiger partial charge in [-0.25, -0.2) is 0 Å². The third-order valence-corrected chi connectivity index (χ3v) is 2.85. The molecule has 0 bridgehead atoms. The summed E-state index contributed by atoms with van der Waals surface area (Å²) in [7, 11) is 3.82. The van der Waals surface area contributed by atoms with Crippen LogP contribution in [0.25, 0.3) is 0 Å². The van der Waals surface area contributed by atoms with Crippen molar-refractivity contribution in [3.63, 3.8) is 0 Å². The second kappa shape index (κ2) is 6.77. The first-order chi connectivity index (χ1) is 7.67. The fraction of sp³-hybridized carbons (Fsp3) is 0.538. The van der Waals surface area contributed by atoms with Gasteiger partial charge in [0.25, 0.3) is 0 Å². The van der Waals surface area contributed by atoms with Crippen LogP contribution in [0.15, 0.2) is 18.2 Å². The van der Waals surface area contributed by atoms with E-state index in [0.29, 0.717) is 0 Å². The Morgan fingerprint density at radius 1 is 1.38 bits per heavy atom. The Morgan fingerprint density at radius 3 is 2.69 bits per heavy atom. The van der Waals surface area contributed by atoms with Crippen molar-refractivity contribution in [2.75, 3.05) is 26.6 Å². The molecular formula is C13H20ClNO. The molecule has 2 nitrogen and oxygen atoms in total. The highest BCUT2D eigenvalue weighted by atomic mass is 35.5. The van der Waals surface area contributed by atoms with Gasteiger partial charge in [-0.1, -0.05) is 12.1 Å². The average molecular weight is 242 g/mol. The van der Waals surface area contributed by atoms with Gasteiger partial charge < -0.3 is 9.64 Å². The molecule has 0 N–H and O–H groups in total. The second-order valence-electron chi connectivity index (χ2n) is 4.08. The quantitative estimate of drug-likeness (QED) is 0.710. The number of alkyl halides is 1. The molecule has 16 heavy (non-hydrogen) atoms. The number of benzene rings is 1. The van der Waals surface area contributed by atoms with Crippen molar-refractivity contribution >= 4 is 11.6 Å². The fourth-order valence-electron chi connectivity index (χ4n) is 1.76. The molecule has 0 atom stereocenters. The molecule has 1 aromatic carbocycles. The van der Waals surface area contributed by atoms with Crippen molar-refractivity contribution in [3.8, 4) is 5.75 Å². The molecule has 0 heterocycles. The molecule has 90 valence electrons. The van der Waals surface area contributed by atoms with Crippen molar-refractivity contribution in [1.29, 1.82) is 0 Å². The van der Waals surface area contributed by atoms with E-state index in [1.807, 2.05) is 6.07 Å². The lowest BCUT2D eigenvalue weighted by Crippen LogP contribution is -2.19. The number of aryl methyl sites for hydroxylation is 1. The number of hydrogen-bond donors (Lipinski definition) is 0. The third kappa shape index (κ3) is 4.03. The van der Waals surface area contributed by atoms with E-state index in [-0.39, 0.29) is 0 Å². The highest BCUT2D eigenvalue weighted by Crippen LogP contribution is 2.19. The van der Waals surface area contributed by atoms with E-state index < -0.39 is 0 Å². The number of hydrogen-bond acceptors (Lipinski definition) is 2. The molecule has 0 unspecified atom stereocenters. The molecule has 0 spiro atoms. The van der Waals surface area contributed by atoms with Gasteiger partial charge in [-0.3, -0.25) is 0 Å². The molecule has 0 amide bonds. The van der Waals surface area contributed by atoms with Crippen LogP contribution in [-0.2, 0) is 6.54 Å². The Morgan fingerprint density at radius 2 is 2.12 bits per heavy atom. The SMILES string of the molecule is COc1ccc(CN(C)CCCCl)cc1C. The first-order valence-electron chi connectivity index (χ1n) is 5.55. The minimum absolute atomic E-state index is 0.728. The molecular weight excluding hydrogens is 222 g/mol. The normalized spacial score (nSPS) is 10.8. The Hall–Kier alpha value is -0.730. The summed E-state index contributed by atoms with van der Waals surface area (Å²) in [5.41, 5.74) is 2.50. The second-order valence-corrected chi connectivity index (χ2v) is 4.46. The monoisotopic (exact) mass is 241 g/mol. The molecule has 1 aromatic rings. The summed E-state index contributed by atoms with van der Waals surface area (Å²) in [6.07, 6.45) is 1.03. The van der Waals surface area contributed by atoms with Gasteiger partial charge in [0.1, 0.15) is 5.75 Å². The van der Waals surface area contributed by atoms with Crippen molar-refractivity contribution < 1.29 is 4.74 Å². The Kier molecular flexibility index (Phi) is 5.64. The van der Waals surface area contributed by atoms with Crippen LogP contribution in [0, 0.1) is 6.92 Å². The summed E-state index contributed by atoms with van der Waals surface area (Å²) in [5, 5.41) is 0. The van der Waals surface area contributed by atoms with Crippen molar-refractivity contribution in [3.05, 3.63) is 29.3 Å². The number of methoxy groups -OCH3 is 1. The molecule has 0 aliphatic rings. The lowest BCUT2D eigenvalue weighted by atomic mass is 10.1. The molecule has 1 rings (SSSR count). The van der Waals surface area contributed by atoms with E-state index >= 15 is 0 Å². The van der Waals surface area contributed by atoms with Crippen LogP contribution in [0.4, 0.5) is 0 Å². The van der Waals surface area contributed by atoms with Gasteiger partial charge >= 0.3 is 0 Å². The molecule has 0 aliphatic heterocycles. The van der Waals surface area contributed by atoms with E-state index in [1.54, 1.807) is 7.11 Å².